The van der Waals surface area contributed by atoms with Gasteiger partial charge >= 0.3 is 0 Å². The highest BCUT2D eigenvalue weighted by Crippen LogP contribution is 2.30. The molecule has 1 aliphatic rings. The zero-order chi connectivity index (χ0) is 22.9. The Kier molecular flexibility index (Phi) is 8.93. The Morgan fingerprint density at radius 2 is 1.78 bits per heavy atom. The fraction of sp³-hybridized carbons (Fsp3) is 0.440. The van der Waals surface area contributed by atoms with Crippen molar-refractivity contribution < 1.29 is 33.6 Å². The van der Waals surface area contributed by atoms with E-state index >= 15 is 0 Å². The summed E-state index contributed by atoms with van der Waals surface area (Å²) in [6.45, 7) is 3.79. The normalized spacial score (nSPS) is 21.7. The predicted molar refractivity (Wildman–Crippen MR) is 117 cm³/mol. The van der Waals surface area contributed by atoms with E-state index in [4.69, 9.17) is 24.0 Å². The molecule has 172 valence electrons. The Labute approximate surface area is 188 Å². The minimum absolute atomic E-state index is 0.000192. The molecule has 4 atom stereocenters. The van der Waals surface area contributed by atoms with Crippen LogP contribution in [0, 0.1) is 5.92 Å². The van der Waals surface area contributed by atoms with E-state index in [-0.39, 0.29) is 36.3 Å². The first-order valence-corrected chi connectivity index (χ1v) is 10.7. The van der Waals surface area contributed by atoms with Gasteiger partial charge in [0.1, 0.15) is 24.2 Å². The van der Waals surface area contributed by atoms with E-state index < -0.39 is 6.29 Å². The Morgan fingerprint density at radius 3 is 2.44 bits per heavy atom. The average Bonchev–Trinajstić information content (AvgIpc) is 2.80. The molecule has 0 bridgehead atoms. The molecule has 0 aromatic heterocycles. The molecule has 1 saturated heterocycles. The van der Waals surface area contributed by atoms with Crippen LogP contribution in [0.3, 0.4) is 0 Å². The summed E-state index contributed by atoms with van der Waals surface area (Å²) >= 11 is 0. The molecule has 0 radical (unpaired) electrons. The van der Waals surface area contributed by atoms with Crippen molar-refractivity contribution in [2.75, 3.05) is 13.7 Å². The number of carbonyl (C=O) groups excluding carboxylic acids is 2. The van der Waals surface area contributed by atoms with Gasteiger partial charge in [0.15, 0.2) is 5.78 Å². The van der Waals surface area contributed by atoms with Crippen molar-refractivity contribution in [3.8, 4) is 5.75 Å². The van der Waals surface area contributed by atoms with Crippen LogP contribution in [-0.2, 0) is 30.7 Å². The average molecular weight is 443 g/mol. The molecule has 0 amide bonds. The van der Waals surface area contributed by atoms with E-state index in [0.29, 0.717) is 30.8 Å². The van der Waals surface area contributed by atoms with Gasteiger partial charge in [0.2, 0.25) is 6.29 Å². The van der Waals surface area contributed by atoms with E-state index in [2.05, 4.69) is 0 Å². The summed E-state index contributed by atoms with van der Waals surface area (Å²) in [6, 6.07) is 16.5. The maximum absolute atomic E-state index is 12.4. The topological polar surface area (TPSA) is 80.3 Å². The van der Waals surface area contributed by atoms with Gasteiger partial charge in [-0.25, -0.2) is 9.78 Å². The van der Waals surface area contributed by atoms with Gasteiger partial charge in [0.05, 0.1) is 19.8 Å². The number of Topliss-reactive ketones (excluding diaryl/α,β-unsaturated/α-hetero) is 2. The van der Waals surface area contributed by atoms with Crippen LogP contribution in [0.2, 0.25) is 0 Å². The van der Waals surface area contributed by atoms with E-state index in [1.807, 2.05) is 37.3 Å². The maximum Gasteiger partial charge on any atom is 0.200 e. The molecule has 0 saturated carbocycles. The Bertz CT molecular complexity index is 866. The zero-order valence-corrected chi connectivity index (χ0v) is 18.7. The van der Waals surface area contributed by atoms with Crippen molar-refractivity contribution >= 4 is 11.6 Å². The predicted octanol–water partition coefficient (Wildman–Crippen LogP) is 4.14. The second-order valence-corrected chi connectivity index (χ2v) is 7.89. The second kappa shape index (κ2) is 11.9. The number of carbonyl (C=O) groups is 2. The van der Waals surface area contributed by atoms with E-state index in [1.54, 1.807) is 31.2 Å². The standard InChI is InChI=1S/C25H30O7/c1-17(26)21-13-24(18(2)32-28-3)31-25(14-21)30-22-11-9-20(10-12-22)23(27)16-29-15-19-7-5-4-6-8-19/h4-12,18,21,24-25H,13-16H2,1-3H3. The lowest BCUT2D eigenvalue weighted by Crippen LogP contribution is -2.43. The van der Waals surface area contributed by atoms with Gasteiger partial charge in [-0.2, -0.15) is 0 Å². The first-order valence-electron chi connectivity index (χ1n) is 10.7. The van der Waals surface area contributed by atoms with Crippen LogP contribution in [0.15, 0.2) is 54.6 Å². The number of benzene rings is 2. The Hall–Kier alpha value is -2.58. The van der Waals surface area contributed by atoms with Gasteiger partial charge in [-0.05, 0) is 50.1 Å². The summed E-state index contributed by atoms with van der Waals surface area (Å²) in [5.74, 6) is 0.362. The van der Waals surface area contributed by atoms with Crippen molar-refractivity contribution in [1.29, 1.82) is 0 Å². The van der Waals surface area contributed by atoms with Crippen molar-refractivity contribution in [2.24, 2.45) is 5.92 Å². The van der Waals surface area contributed by atoms with Crippen LogP contribution < -0.4 is 4.74 Å². The molecule has 0 aliphatic carbocycles. The minimum Gasteiger partial charge on any atom is -0.465 e. The quantitative estimate of drug-likeness (QED) is 0.294. The van der Waals surface area contributed by atoms with Gasteiger partial charge < -0.3 is 14.2 Å². The molecular weight excluding hydrogens is 412 g/mol. The smallest absolute Gasteiger partial charge is 0.200 e. The zero-order valence-electron chi connectivity index (χ0n) is 18.7. The highest BCUT2D eigenvalue weighted by atomic mass is 17.2. The maximum atomic E-state index is 12.4. The number of hydrogen-bond donors (Lipinski definition) is 0. The summed E-state index contributed by atoms with van der Waals surface area (Å²) in [5.41, 5.74) is 1.56. The number of ether oxygens (including phenoxy) is 3. The number of ketones is 2. The third-order valence-corrected chi connectivity index (χ3v) is 5.46. The first kappa shape index (κ1) is 24.1. The van der Waals surface area contributed by atoms with Crippen LogP contribution in [0.5, 0.6) is 5.75 Å². The SMILES string of the molecule is COOC(C)C1CC(C(C)=O)CC(Oc2ccc(C(=O)COCc3ccccc3)cc2)O1. The third kappa shape index (κ3) is 6.97. The molecule has 7 nitrogen and oxygen atoms in total. The van der Waals surface area contributed by atoms with Gasteiger partial charge in [-0.1, -0.05) is 30.3 Å². The van der Waals surface area contributed by atoms with Crippen LogP contribution >= 0.6 is 0 Å². The number of hydrogen-bond acceptors (Lipinski definition) is 7. The molecule has 0 N–H and O–H groups in total. The van der Waals surface area contributed by atoms with Crippen molar-refractivity contribution in [3.05, 3.63) is 65.7 Å². The molecule has 1 heterocycles. The molecule has 32 heavy (non-hydrogen) atoms. The molecular formula is C25H30O7. The molecule has 4 unspecified atom stereocenters. The van der Waals surface area contributed by atoms with Crippen LogP contribution in [0.1, 0.15) is 42.6 Å². The summed E-state index contributed by atoms with van der Waals surface area (Å²) < 4.78 is 17.5. The molecule has 2 aromatic carbocycles. The summed E-state index contributed by atoms with van der Waals surface area (Å²) in [7, 11) is 1.44. The van der Waals surface area contributed by atoms with Crippen LogP contribution in [0.25, 0.3) is 0 Å². The second-order valence-electron chi connectivity index (χ2n) is 7.89. The molecule has 1 fully saturated rings. The first-order chi connectivity index (χ1) is 15.5. The van der Waals surface area contributed by atoms with Gasteiger partial charge in [0, 0.05) is 17.9 Å². The van der Waals surface area contributed by atoms with Gasteiger partial charge in [-0.3, -0.25) is 9.59 Å². The van der Waals surface area contributed by atoms with Crippen molar-refractivity contribution in [1.82, 2.24) is 0 Å². The van der Waals surface area contributed by atoms with Gasteiger partial charge in [0.25, 0.3) is 0 Å². The molecule has 3 rings (SSSR count). The fourth-order valence-electron chi connectivity index (χ4n) is 3.63. The monoisotopic (exact) mass is 442 g/mol. The molecule has 2 aromatic rings. The van der Waals surface area contributed by atoms with Gasteiger partial charge in [-0.15, -0.1) is 0 Å². The summed E-state index contributed by atoms with van der Waals surface area (Å²) in [4.78, 5) is 34.3. The van der Waals surface area contributed by atoms with Crippen molar-refractivity contribution in [2.45, 2.75) is 51.8 Å². The third-order valence-electron chi connectivity index (χ3n) is 5.46. The Morgan fingerprint density at radius 1 is 1.06 bits per heavy atom. The highest BCUT2D eigenvalue weighted by molar-refractivity contribution is 5.97. The fourth-order valence-corrected chi connectivity index (χ4v) is 3.63. The van der Waals surface area contributed by atoms with E-state index in [9.17, 15) is 9.59 Å². The minimum atomic E-state index is -0.596. The van der Waals surface area contributed by atoms with E-state index in [0.717, 1.165) is 5.56 Å². The summed E-state index contributed by atoms with van der Waals surface area (Å²) in [5, 5.41) is 0. The molecule has 0 spiro atoms. The lowest BCUT2D eigenvalue weighted by Gasteiger charge is -2.36. The lowest BCUT2D eigenvalue weighted by atomic mass is 9.89. The van der Waals surface area contributed by atoms with Crippen molar-refractivity contribution in [3.63, 3.8) is 0 Å². The molecule has 7 heteroatoms. The molecule has 1 aliphatic heterocycles. The summed E-state index contributed by atoms with van der Waals surface area (Å²) in [6.07, 6.45) is -0.258. The Balaban J connectivity index is 1.54. The lowest BCUT2D eigenvalue weighted by molar-refractivity contribution is -0.331. The van der Waals surface area contributed by atoms with Crippen LogP contribution in [0.4, 0.5) is 0 Å². The van der Waals surface area contributed by atoms with E-state index in [1.165, 1.54) is 7.11 Å². The van der Waals surface area contributed by atoms with Crippen LogP contribution in [-0.4, -0.2) is 43.8 Å². The number of rotatable bonds is 11. The largest absolute Gasteiger partial charge is 0.465 e. The highest BCUT2D eigenvalue weighted by Gasteiger charge is 2.36.